The number of carbonyl (C=O) groups excluding carboxylic acids is 1. The molecule has 3 nitrogen and oxygen atoms in total. The number of carbonyl (C=O) groups is 1. The third-order valence-corrected chi connectivity index (χ3v) is 1.71. The third kappa shape index (κ3) is 2.77. The monoisotopic (exact) mass is 177 g/mol. The Balaban J connectivity index is 2.47. The van der Waals surface area contributed by atoms with E-state index in [9.17, 15) is 4.79 Å². The van der Waals surface area contributed by atoms with E-state index in [-0.39, 0.29) is 12.2 Å². The number of hydrogen-bond donors (Lipinski definition) is 1. The van der Waals surface area contributed by atoms with Gasteiger partial charge in [0.1, 0.15) is 0 Å². The molecule has 0 spiro atoms. The third-order valence-electron chi connectivity index (χ3n) is 1.71. The normalized spacial score (nSPS) is 12.0. The van der Waals surface area contributed by atoms with Crippen LogP contribution in [0.4, 0.5) is 0 Å². The molecule has 0 aliphatic carbocycles. The fourth-order valence-electron chi connectivity index (χ4n) is 0.966. The van der Waals surface area contributed by atoms with Gasteiger partial charge in [-0.1, -0.05) is 0 Å². The number of nitrogens with two attached hydrogens (primary N) is 1. The lowest BCUT2D eigenvalue weighted by Crippen LogP contribution is -2.31. The Bertz CT molecular complexity index is 308. The first-order valence-corrected chi connectivity index (χ1v) is 3.97. The van der Waals surface area contributed by atoms with Gasteiger partial charge in [0.25, 0.3) is 0 Å². The topological polar surface area (TPSA) is 56.2 Å². The average molecular weight is 177 g/mol. The minimum absolute atomic E-state index is 0.0562. The van der Waals surface area contributed by atoms with Gasteiger partial charge in [-0.2, -0.15) is 0 Å². The van der Waals surface area contributed by atoms with Crippen LogP contribution in [0.25, 0.3) is 0 Å². The maximum absolute atomic E-state index is 11.3. The quantitative estimate of drug-likeness (QED) is 0.690. The van der Waals surface area contributed by atoms with Gasteiger partial charge in [-0.15, -0.1) is 12.3 Å². The molecule has 0 radical (unpaired) electrons. The van der Waals surface area contributed by atoms with Crippen molar-refractivity contribution in [3.8, 4) is 12.3 Å². The van der Waals surface area contributed by atoms with Gasteiger partial charge in [0.05, 0.1) is 18.6 Å². The first-order chi connectivity index (χ1) is 6.24. The summed E-state index contributed by atoms with van der Waals surface area (Å²) in [6.07, 6.45) is 8.67. The molecule has 0 bridgehead atoms. The van der Waals surface area contributed by atoms with Gasteiger partial charge in [0.15, 0.2) is 5.78 Å². The van der Waals surface area contributed by atoms with Crippen LogP contribution >= 0.6 is 0 Å². The zero-order valence-corrected chi connectivity index (χ0v) is 7.19. The SMILES string of the molecule is C#CCC(N)C(=O)Cc1ccoc1. The van der Waals surface area contributed by atoms with Crippen molar-refractivity contribution in [2.75, 3.05) is 0 Å². The van der Waals surface area contributed by atoms with E-state index in [0.717, 1.165) is 5.56 Å². The molecule has 0 aromatic carbocycles. The molecule has 0 aliphatic rings. The van der Waals surface area contributed by atoms with Gasteiger partial charge in [-0.05, 0) is 11.6 Å². The molecule has 1 aromatic heterocycles. The van der Waals surface area contributed by atoms with E-state index in [1.807, 2.05) is 0 Å². The highest BCUT2D eigenvalue weighted by atomic mass is 16.3. The molecular weight excluding hydrogens is 166 g/mol. The summed E-state index contributed by atoms with van der Waals surface area (Å²) in [6, 6.07) is 1.18. The summed E-state index contributed by atoms with van der Waals surface area (Å²) in [7, 11) is 0. The molecule has 1 aromatic rings. The number of terminal acetylenes is 1. The van der Waals surface area contributed by atoms with Crippen molar-refractivity contribution in [1.29, 1.82) is 0 Å². The fraction of sp³-hybridized carbons (Fsp3) is 0.300. The van der Waals surface area contributed by atoms with Crippen LogP contribution in [0.15, 0.2) is 23.0 Å². The van der Waals surface area contributed by atoms with Crippen LogP contribution in [0.1, 0.15) is 12.0 Å². The van der Waals surface area contributed by atoms with E-state index < -0.39 is 6.04 Å². The Hall–Kier alpha value is -1.53. The summed E-state index contributed by atoms with van der Waals surface area (Å²) in [6.45, 7) is 0. The van der Waals surface area contributed by atoms with E-state index >= 15 is 0 Å². The van der Waals surface area contributed by atoms with Crippen LogP contribution in [0.2, 0.25) is 0 Å². The Labute approximate surface area is 76.9 Å². The van der Waals surface area contributed by atoms with Crippen molar-refractivity contribution in [2.45, 2.75) is 18.9 Å². The van der Waals surface area contributed by atoms with Crippen LogP contribution in [0, 0.1) is 12.3 Å². The largest absolute Gasteiger partial charge is 0.472 e. The highest BCUT2D eigenvalue weighted by Gasteiger charge is 2.12. The molecule has 1 heterocycles. The predicted octanol–water partition coefficient (Wildman–Crippen LogP) is 0.742. The van der Waals surface area contributed by atoms with Crippen LogP contribution in [0.3, 0.4) is 0 Å². The second-order valence-electron chi connectivity index (χ2n) is 2.79. The molecule has 0 amide bonds. The second-order valence-corrected chi connectivity index (χ2v) is 2.79. The minimum atomic E-state index is -0.556. The lowest BCUT2D eigenvalue weighted by atomic mass is 10.0. The maximum Gasteiger partial charge on any atom is 0.154 e. The maximum atomic E-state index is 11.3. The van der Waals surface area contributed by atoms with Crippen LogP contribution in [-0.2, 0) is 11.2 Å². The summed E-state index contributed by atoms with van der Waals surface area (Å²) in [5.41, 5.74) is 6.35. The lowest BCUT2D eigenvalue weighted by molar-refractivity contribution is -0.119. The van der Waals surface area contributed by atoms with Crippen LogP contribution in [0.5, 0.6) is 0 Å². The molecule has 0 fully saturated rings. The Morgan fingerprint density at radius 3 is 3.08 bits per heavy atom. The van der Waals surface area contributed by atoms with Gasteiger partial charge >= 0.3 is 0 Å². The number of rotatable bonds is 4. The number of Topliss-reactive ketones (excluding diaryl/α,β-unsaturated/α-hetero) is 1. The van der Waals surface area contributed by atoms with Crippen molar-refractivity contribution in [3.05, 3.63) is 24.2 Å². The van der Waals surface area contributed by atoms with Gasteiger partial charge in [-0.3, -0.25) is 4.79 Å². The highest BCUT2D eigenvalue weighted by Crippen LogP contribution is 2.03. The van der Waals surface area contributed by atoms with Crippen LogP contribution < -0.4 is 5.73 Å². The Kier molecular flexibility index (Phi) is 3.30. The molecule has 2 N–H and O–H groups in total. The van der Waals surface area contributed by atoms with E-state index in [1.165, 1.54) is 12.5 Å². The number of ketones is 1. The van der Waals surface area contributed by atoms with Gasteiger partial charge in [0, 0.05) is 12.8 Å². The summed E-state index contributed by atoms with van der Waals surface area (Å²) >= 11 is 0. The minimum Gasteiger partial charge on any atom is -0.472 e. The van der Waals surface area contributed by atoms with Gasteiger partial charge in [-0.25, -0.2) is 0 Å². The number of hydrogen-bond acceptors (Lipinski definition) is 3. The van der Waals surface area contributed by atoms with Crippen molar-refractivity contribution in [1.82, 2.24) is 0 Å². The zero-order valence-electron chi connectivity index (χ0n) is 7.19. The first-order valence-electron chi connectivity index (χ1n) is 3.97. The molecule has 1 unspecified atom stereocenters. The highest BCUT2D eigenvalue weighted by molar-refractivity contribution is 5.86. The van der Waals surface area contributed by atoms with E-state index in [1.54, 1.807) is 6.07 Å². The molecule has 0 saturated carbocycles. The Morgan fingerprint density at radius 2 is 2.54 bits per heavy atom. The molecular formula is C10H11NO2. The van der Waals surface area contributed by atoms with Crippen molar-refractivity contribution < 1.29 is 9.21 Å². The molecule has 68 valence electrons. The second kappa shape index (κ2) is 4.48. The summed E-state index contributed by atoms with van der Waals surface area (Å²) in [5.74, 6) is 2.30. The fourth-order valence-corrected chi connectivity index (χ4v) is 0.966. The Morgan fingerprint density at radius 1 is 1.77 bits per heavy atom. The molecule has 3 heteroatoms. The van der Waals surface area contributed by atoms with Crippen molar-refractivity contribution >= 4 is 5.78 Å². The van der Waals surface area contributed by atoms with Gasteiger partial charge < -0.3 is 10.2 Å². The smallest absolute Gasteiger partial charge is 0.154 e. The zero-order chi connectivity index (χ0) is 9.68. The standard InChI is InChI=1S/C10H11NO2/c1-2-3-9(11)10(12)6-8-4-5-13-7-8/h1,4-5,7,9H,3,6,11H2. The van der Waals surface area contributed by atoms with Crippen molar-refractivity contribution in [2.24, 2.45) is 5.73 Å². The van der Waals surface area contributed by atoms with Crippen molar-refractivity contribution in [3.63, 3.8) is 0 Å². The summed E-state index contributed by atoms with van der Waals surface area (Å²) in [4.78, 5) is 11.3. The molecule has 13 heavy (non-hydrogen) atoms. The first kappa shape index (κ1) is 9.56. The average Bonchev–Trinajstić information content (AvgIpc) is 2.57. The van der Waals surface area contributed by atoms with Gasteiger partial charge in [0.2, 0.25) is 0 Å². The number of furan rings is 1. The molecule has 1 rings (SSSR count). The van der Waals surface area contributed by atoms with E-state index in [0.29, 0.717) is 6.42 Å². The summed E-state index contributed by atoms with van der Waals surface area (Å²) in [5, 5.41) is 0. The predicted molar refractivity (Wildman–Crippen MR) is 48.8 cm³/mol. The molecule has 0 saturated heterocycles. The molecule has 0 aliphatic heterocycles. The molecule has 1 atom stereocenters. The van der Waals surface area contributed by atoms with E-state index in [2.05, 4.69) is 5.92 Å². The van der Waals surface area contributed by atoms with Crippen LogP contribution in [-0.4, -0.2) is 11.8 Å². The van der Waals surface area contributed by atoms with E-state index in [4.69, 9.17) is 16.6 Å². The lowest BCUT2D eigenvalue weighted by Gasteiger charge is -2.04. The summed E-state index contributed by atoms with van der Waals surface area (Å²) < 4.78 is 4.82.